The van der Waals surface area contributed by atoms with Gasteiger partial charge >= 0.3 is 0 Å². The van der Waals surface area contributed by atoms with Crippen molar-refractivity contribution in [3.05, 3.63) is 53.6 Å². The van der Waals surface area contributed by atoms with E-state index in [0.29, 0.717) is 44.6 Å². The van der Waals surface area contributed by atoms with E-state index in [2.05, 4.69) is 15.6 Å². The van der Waals surface area contributed by atoms with Crippen LogP contribution in [-0.4, -0.2) is 59.9 Å². The second-order valence-electron chi connectivity index (χ2n) is 8.29. The second-order valence-corrected chi connectivity index (χ2v) is 10.2. The molecule has 1 N–H and O–H groups in total. The molecule has 33 heavy (non-hydrogen) atoms. The van der Waals surface area contributed by atoms with Crippen molar-refractivity contribution in [1.29, 1.82) is 0 Å². The van der Waals surface area contributed by atoms with Crippen LogP contribution in [0.15, 0.2) is 47.4 Å². The molecule has 1 aromatic heterocycles. The molecule has 4 rings (SSSR count). The van der Waals surface area contributed by atoms with Crippen LogP contribution in [0, 0.1) is 6.92 Å². The fraction of sp³-hybridized carbons (Fsp3) is 0.435. The number of aromatic nitrogens is 3. The van der Waals surface area contributed by atoms with Crippen molar-refractivity contribution >= 4 is 27.0 Å². The van der Waals surface area contributed by atoms with Crippen molar-refractivity contribution in [1.82, 2.24) is 24.6 Å². The molecule has 0 radical (unpaired) electrons. The minimum absolute atomic E-state index is 0.122. The van der Waals surface area contributed by atoms with Crippen molar-refractivity contribution < 1.29 is 17.9 Å². The number of benzene rings is 2. The Hall–Kier alpha value is -2.82. The molecule has 0 bridgehead atoms. The molecule has 176 valence electrons. The maximum Gasteiger partial charge on any atom is 0.243 e. The highest BCUT2D eigenvalue weighted by molar-refractivity contribution is 7.89. The third-order valence-electron chi connectivity index (χ3n) is 5.90. The summed E-state index contributed by atoms with van der Waals surface area (Å²) in [6.07, 6.45) is 1.92. The summed E-state index contributed by atoms with van der Waals surface area (Å²) in [5.74, 6) is -0.276. The van der Waals surface area contributed by atoms with Gasteiger partial charge in [-0.2, -0.15) is 4.31 Å². The first-order valence-corrected chi connectivity index (χ1v) is 12.5. The molecule has 0 spiro atoms. The monoisotopic (exact) mass is 471 g/mol. The SMILES string of the molecule is COCCCn1nnc2cc(S(=O)(=O)N3CCC[C@@H]3C(=O)NCc3ccc(C)cc3)ccc21. The average molecular weight is 472 g/mol. The molecule has 10 heteroatoms. The normalized spacial score (nSPS) is 17.0. The van der Waals surface area contributed by atoms with E-state index in [1.807, 2.05) is 31.2 Å². The quantitative estimate of drug-likeness (QED) is 0.480. The Morgan fingerprint density at radius 3 is 2.76 bits per heavy atom. The first-order valence-electron chi connectivity index (χ1n) is 11.1. The largest absolute Gasteiger partial charge is 0.385 e. The molecule has 1 amide bonds. The third-order valence-corrected chi connectivity index (χ3v) is 7.81. The Labute approximate surface area is 193 Å². The Bertz CT molecular complexity index is 1220. The van der Waals surface area contributed by atoms with Gasteiger partial charge < -0.3 is 10.1 Å². The minimum Gasteiger partial charge on any atom is -0.385 e. The van der Waals surface area contributed by atoms with Gasteiger partial charge in [0.15, 0.2) is 0 Å². The highest BCUT2D eigenvalue weighted by atomic mass is 32.2. The zero-order valence-corrected chi connectivity index (χ0v) is 19.7. The summed E-state index contributed by atoms with van der Waals surface area (Å²) in [6, 6.07) is 12.0. The van der Waals surface area contributed by atoms with Crippen LogP contribution in [0.4, 0.5) is 0 Å². The molecule has 3 aromatic rings. The molecule has 0 saturated carbocycles. The van der Waals surface area contributed by atoms with E-state index < -0.39 is 16.1 Å². The molecule has 2 heterocycles. The van der Waals surface area contributed by atoms with Crippen molar-refractivity contribution in [2.75, 3.05) is 20.3 Å². The third kappa shape index (κ3) is 5.07. The van der Waals surface area contributed by atoms with Gasteiger partial charge in [-0.15, -0.1) is 5.10 Å². The summed E-state index contributed by atoms with van der Waals surface area (Å²) >= 11 is 0. The van der Waals surface area contributed by atoms with Crippen molar-refractivity contribution in [3.8, 4) is 0 Å². The van der Waals surface area contributed by atoms with Crippen molar-refractivity contribution in [3.63, 3.8) is 0 Å². The number of hydrogen-bond donors (Lipinski definition) is 1. The highest BCUT2D eigenvalue weighted by Gasteiger charge is 2.39. The predicted molar refractivity (Wildman–Crippen MR) is 124 cm³/mol. The number of carbonyl (C=O) groups is 1. The van der Waals surface area contributed by atoms with Gasteiger partial charge in [0.05, 0.1) is 10.4 Å². The smallest absolute Gasteiger partial charge is 0.243 e. The van der Waals surface area contributed by atoms with Crippen LogP contribution < -0.4 is 5.32 Å². The van der Waals surface area contributed by atoms with Crippen LogP contribution in [0.5, 0.6) is 0 Å². The van der Waals surface area contributed by atoms with E-state index in [9.17, 15) is 13.2 Å². The van der Waals surface area contributed by atoms with Gasteiger partial charge in [-0.05, 0) is 49.9 Å². The summed E-state index contributed by atoms with van der Waals surface area (Å²) in [5, 5.41) is 11.1. The maximum absolute atomic E-state index is 13.4. The first-order chi connectivity index (χ1) is 15.9. The van der Waals surface area contributed by atoms with Gasteiger partial charge in [0.2, 0.25) is 15.9 Å². The molecule has 1 aliphatic rings. The number of rotatable bonds is 9. The zero-order valence-electron chi connectivity index (χ0n) is 18.9. The maximum atomic E-state index is 13.4. The molecule has 2 aromatic carbocycles. The number of aryl methyl sites for hydroxylation is 2. The molecule has 1 saturated heterocycles. The molecule has 0 aliphatic carbocycles. The number of methoxy groups -OCH3 is 1. The standard InChI is InChI=1S/C23H29N5O4S/c1-17-6-8-18(9-7-17)16-24-23(29)22-5-3-13-28(22)33(30,31)19-10-11-21-20(15-19)25-26-27(21)12-4-14-32-2/h6-11,15,22H,3-5,12-14,16H2,1-2H3,(H,24,29)/t22-/m1/s1. The van der Waals surface area contributed by atoms with E-state index in [-0.39, 0.29) is 10.8 Å². The lowest BCUT2D eigenvalue weighted by molar-refractivity contribution is -0.124. The van der Waals surface area contributed by atoms with E-state index in [4.69, 9.17) is 4.74 Å². The van der Waals surface area contributed by atoms with Crippen LogP contribution in [-0.2, 0) is 32.6 Å². The van der Waals surface area contributed by atoms with Gasteiger partial charge in [-0.1, -0.05) is 35.0 Å². The van der Waals surface area contributed by atoms with E-state index in [0.717, 1.165) is 23.1 Å². The molecular weight excluding hydrogens is 442 g/mol. The number of nitrogens with zero attached hydrogens (tertiary/aromatic N) is 4. The number of fused-ring (bicyclic) bond motifs is 1. The number of ether oxygens (including phenoxy) is 1. The summed E-state index contributed by atoms with van der Waals surface area (Å²) in [5.41, 5.74) is 3.39. The molecule has 9 nitrogen and oxygen atoms in total. The summed E-state index contributed by atoms with van der Waals surface area (Å²) < 4.78 is 34.9. The Kier molecular flexibility index (Phi) is 7.06. The topological polar surface area (TPSA) is 106 Å². The van der Waals surface area contributed by atoms with Crippen LogP contribution in [0.25, 0.3) is 11.0 Å². The molecule has 1 fully saturated rings. The second kappa shape index (κ2) is 9.98. The lowest BCUT2D eigenvalue weighted by Gasteiger charge is -2.23. The van der Waals surface area contributed by atoms with Crippen LogP contribution in [0.3, 0.4) is 0 Å². The Morgan fingerprint density at radius 1 is 1.21 bits per heavy atom. The fourth-order valence-corrected chi connectivity index (χ4v) is 5.75. The molecular formula is C23H29N5O4S. The minimum atomic E-state index is -3.85. The summed E-state index contributed by atoms with van der Waals surface area (Å²) in [6.45, 7) is 3.92. The van der Waals surface area contributed by atoms with Crippen LogP contribution >= 0.6 is 0 Å². The van der Waals surface area contributed by atoms with E-state index in [1.54, 1.807) is 23.9 Å². The number of nitrogens with one attached hydrogen (secondary N) is 1. The Balaban J connectivity index is 1.48. The summed E-state index contributed by atoms with van der Waals surface area (Å²) in [4.78, 5) is 13.0. The molecule has 1 atom stereocenters. The van der Waals surface area contributed by atoms with Crippen LogP contribution in [0.2, 0.25) is 0 Å². The number of sulfonamides is 1. The molecule has 1 aliphatic heterocycles. The molecule has 0 unspecified atom stereocenters. The van der Waals surface area contributed by atoms with Gasteiger partial charge in [0.25, 0.3) is 0 Å². The first kappa shape index (κ1) is 23.3. The predicted octanol–water partition coefficient (Wildman–Crippen LogP) is 2.25. The van der Waals surface area contributed by atoms with Crippen molar-refractivity contribution in [2.45, 2.75) is 50.2 Å². The van der Waals surface area contributed by atoms with Gasteiger partial charge in [-0.3, -0.25) is 4.79 Å². The highest BCUT2D eigenvalue weighted by Crippen LogP contribution is 2.28. The number of carbonyl (C=O) groups excluding carboxylic acids is 1. The average Bonchev–Trinajstić information content (AvgIpc) is 3.46. The van der Waals surface area contributed by atoms with E-state index in [1.165, 1.54) is 10.4 Å². The number of hydrogen-bond acceptors (Lipinski definition) is 6. The zero-order chi connectivity index (χ0) is 23.4. The van der Waals surface area contributed by atoms with Crippen LogP contribution in [0.1, 0.15) is 30.4 Å². The van der Waals surface area contributed by atoms with Gasteiger partial charge in [-0.25, -0.2) is 13.1 Å². The number of amides is 1. The van der Waals surface area contributed by atoms with Crippen molar-refractivity contribution in [2.24, 2.45) is 0 Å². The summed E-state index contributed by atoms with van der Waals surface area (Å²) in [7, 11) is -2.21. The van der Waals surface area contributed by atoms with E-state index >= 15 is 0 Å². The lowest BCUT2D eigenvalue weighted by atomic mass is 10.1. The van der Waals surface area contributed by atoms with Gasteiger partial charge in [0.1, 0.15) is 11.6 Å². The Morgan fingerprint density at radius 2 is 2.00 bits per heavy atom. The fourth-order valence-electron chi connectivity index (χ4n) is 4.07. The van der Waals surface area contributed by atoms with Gasteiger partial charge in [0, 0.05) is 33.4 Å². The lowest BCUT2D eigenvalue weighted by Crippen LogP contribution is -2.45.